The number of halogens is 1. The Morgan fingerprint density at radius 3 is 2.48 bits per heavy atom. The lowest BCUT2D eigenvalue weighted by Gasteiger charge is -2.33. The number of aromatic nitrogens is 2. The molecule has 1 fully saturated rings. The van der Waals surface area contributed by atoms with Gasteiger partial charge in [-0.3, -0.25) is 0 Å². The largest absolute Gasteiger partial charge is 0.356 e. The summed E-state index contributed by atoms with van der Waals surface area (Å²) in [5.74, 6) is 1.84. The lowest BCUT2D eigenvalue weighted by atomic mass is 9.94. The molecule has 0 N–H and O–H groups in total. The molecule has 1 aliphatic rings. The van der Waals surface area contributed by atoms with Crippen molar-refractivity contribution in [2.24, 2.45) is 0 Å². The number of nitrogens with zero attached hydrogens (tertiary/aromatic N) is 3. The van der Waals surface area contributed by atoms with Crippen LogP contribution in [0.25, 0.3) is 22.3 Å². The Bertz CT molecular complexity index is 873. The summed E-state index contributed by atoms with van der Waals surface area (Å²) in [6.45, 7) is 0. The summed E-state index contributed by atoms with van der Waals surface area (Å²) in [6.07, 6.45) is 6.48. The molecule has 2 aromatic carbocycles. The molecule has 0 radical (unpaired) electrons. The second kappa shape index (κ2) is 7.12. The van der Waals surface area contributed by atoms with Gasteiger partial charge in [-0.25, -0.2) is 9.97 Å². The minimum absolute atomic E-state index is 0.564. The van der Waals surface area contributed by atoms with Crippen molar-refractivity contribution in [3.05, 3.63) is 53.0 Å². The minimum Gasteiger partial charge on any atom is -0.356 e. The number of hydrogen-bond acceptors (Lipinski definition) is 3. The summed E-state index contributed by atoms with van der Waals surface area (Å²) in [5, 5.41) is 1.11. The third kappa shape index (κ3) is 3.40. The van der Waals surface area contributed by atoms with E-state index in [-0.39, 0.29) is 0 Å². The topological polar surface area (TPSA) is 29.0 Å². The van der Waals surface area contributed by atoms with Gasteiger partial charge in [-0.1, -0.05) is 65.5 Å². The quantitative estimate of drug-likeness (QED) is 0.558. The van der Waals surface area contributed by atoms with Gasteiger partial charge in [0.15, 0.2) is 5.82 Å². The van der Waals surface area contributed by atoms with Gasteiger partial charge in [0.1, 0.15) is 5.82 Å². The first-order valence-electron chi connectivity index (χ1n) is 8.98. The molecule has 4 rings (SSSR count). The van der Waals surface area contributed by atoms with Gasteiger partial charge in [0, 0.05) is 28.5 Å². The van der Waals surface area contributed by atoms with Gasteiger partial charge in [-0.2, -0.15) is 0 Å². The van der Waals surface area contributed by atoms with Crippen LogP contribution >= 0.6 is 15.9 Å². The van der Waals surface area contributed by atoms with Crippen LogP contribution in [0, 0.1) is 0 Å². The van der Waals surface area contributed by atoms with E-state index in [2.05, 4.69) is 58.2 Å². The predicted molar refractivity (Wildman–Crippen MR) is 108 cm³/mol. The zero-order chi connectivity index (χ0) is 17.2. The standard InChI is InChI=1S/C21H22BrN3/c1-25(17-10-6-3-7-11-17)21-18-14-16(22)12-13-19(18)23-20(24-21)15-8-4-2-5-9-15/h2,4-5,8-9,12-14,17H,3,6-7,10-11H2,1H3. The number of fused-ring (bicyclic) bond motifs is 1. The number of rotatable bonds is 3. The average Bonchev–Trinajstić information content (AvgIpc) is 2.68. The summed E-state index contributed by atoms with van der Waals surface area (Å²) in [7, 11) is 2.19. The first-order chi connectivity index (χ1) is 12.2. The van der Waals surface area contributed by atoms with E-state index in [0.717, 1.165) is 32.6 Å². The molecule has 0 amide bonds. The van der Waals surface area contributed by atoms with Crippen LogP contribution in [0.15, 0.2) is 53.0 Å². The van der Waals surface area contributed by atoms with Crippen LogP contribution < -0.4 is 4.90 Å². The first-order valence-corrected chi connectivity index (χ1v) is 9.77. The highest BCUT2D eigenvalue weighted by Crippen LogP contribution is 2.32. The van der Waals surface area contributed by atoms with E-state index in [1.54, 1.807) is 0 Å². The Morgan fingerprint density at radius 1 is 0.960 bits per heavy atom. The Kier molecular flexibility index (Phi) is 4.71. The molecule has 0 atom stereocenters. The van der Waals surface area contributed by atoms with Crippen molar-refractivity contribution in [1.29, 1.82) is 0 Å². The third-order valence-corrected chi connectivity index (χ3v) is 5.62. The molecule has 0 spiro atoms. The molecular weight excluding hydrogens is 374 g/mol. The van der Waals surface area contributed by atoms with Gasteiger partial charge in [0.2, 0.25) is 0 Å². The number of anilines is 1. The summed E-state index contributed by atoms with van der Waals surface area (Å²) >= 11 is 3.60. The molecule has 0 unspecified atom stereocenters. The van der Waals surface area contributed by atoms with Crippen LogP contribution in [0.4, 0.5) is 5.82 Å². The Morgan fingerprint density at radius 2 is 1.72 bits per heavy atom. The van der Waals surface area contributed by atoms with E-state index in [0.29, 0.717) is 6.04 Å². The lowest BCUT2D eigenvalue weighted by Crippen LogP contribution is -2.34. The SMILES string of the molecule is CN(c1nc(-c2ccccc2)nc2ccc(Br)cc12)C1CCCCC1. The van der Waals surface area contributed by atoms with Crippen LogP contribution in [0.5, 0.6) is 0 Å². The van der Waals surface area contributed by atoms with Crippen molar-refractivity contribution in [1.82, 2.24) is 9.97 Å². The predicted octanol–water partition coefficient (Wildman–Crippen LogP) is 5.83. The molecule has 4 heteroatoms. The van der Waals surface area contributed by atoms with E-state index >= 15 is 0 Å². The normalized spacial score (nSPS) is 15.4. The summed E-state index contributed by atoms with van der Waals surface area (Å²) in [5.41, 5.74) is 2.06. The minimum atomic E-state index is 0.564. The average molecular weight is 396 g/mol. The third-order valence-electron chi connectivity index (χ3n) is 5.13. The maximum Gasteiger partial charge on any atom is 0.162 e. The van der Waals surface area contributed by atoms with Gasteiger partial charge >= 0.3 is 0 Å². The smallest absolute Gasteiger partial charge is 0.162 e. The second-order valence-corrected chi connectivity index (χ2v) is 7.72. The van der Waals surface area contributed by atoms with Crippen molar-refractivity contribution >= 4 is 32.7 Å². The van der Waals surface area contributed by atoms with E-state index in [9.17, 15) is 0 Å². The molecule has 25 heavy (non-hydrogen) atoms. The monoisotopic (exact) mass is 395 g/mol. The lowest BCUT2D eigenvalue weighted by molar-refractivity contribution is 0.426. The highest BCUT2D eigenvalue weighted by Gasteiger charge is 2.22. The Labute approximate surface area is 157 Å². The fraction of sp³-hybridized carbons (Fsp3) is 0.333. The fourth-order valence-electron chi connectivity index (χ4n) is 3.71. The van der Waals surface area contributed by atoms with Crippen LogP contribution in [0.3, 0.4) is 0 Å². The molecule has 1 aromatic heterocycles. The Balaban J connectivity index is 1.86. The zero-order valence-corrected chi connectivity index (χ0v) is 16.0. The molecule has 128 valence electrons. The van der Waals surface area contributed by atoms with Gasteiger partial charge in [0.25, 0.3) is 0 Å². The van der Waals surface area contributed by atoms with E-state index in [1.165, 1.54) is 32.1 Å². The van der Waals surface area contributed by atoms with Crippen LogP contribution in [-0.4, -0.2) is 23.1 Å². The maximum atomic E-state index is 4.98. The van der Waals surface area contributed by atoms with Crippen molar-refractivity contribution in [3.8, 4) is 11.4 Å². The van der Waals surface area contributed by atoms with Gasteiger partial charge in [-0.15, -0.1) is 0 Å². The number of benzene rings is 2. The van der Waals surface area contributed by atoms with E-state index in [1.807, 2.05) is 18.2 Å². The molecule has 3 nitrogen and oxygen atoms in total. The fourth-order valence-corrected chi connectivity index (χ4v) is 4.07. The van der Waals surface area contributed by atoms with Gasteiger partial charge < -0.3 is 4.90 Å². The maximum absolute atomic E-state index is 4.98. The van der Waals surface area contributed by atoms with Crippen LogP contribution in [-0.2, 0) is 0 Å². The van der Waals surface area contributed by atoms with Crippen LogP contribution in [0.1, 0.15) is 32.1 Å². The molecule has 0 bridgehead atoms. The van der Waals surface area contributed by atoms with E-state index in [4.69, 9.17) is 9.97 Å². The molecule has 1 heterocycles. The van der Waals surface area contributed by atoms with Gasteiger partial charge in [-0.05, 0) is 31.0 Å². The van der Waals surface area contributed by atoms with Crippen LogP contribution in [0.2, 0.25) is 0 Å². The summed E-state index contributed by atoms with van der Waals surface area (Å²) in [4.78, 5) is 12.2. The molecular formula is C21H22BrN3. The molecule has 1 aliphatic carbocycles. The molecule has 0 saturated heterocycles. The highest BCUT2D eigenvalue weighted by atomic mass is 79.9. The van der Waals surface area contributed by atoms with E-state index < -0.39 is 0 Å². The molecule has 1 saturated carbocycles. The zero-order valence-electron chi connectivity index (χ0n) is 14.5. The van der Waals surface area contributed by atoms with Crippen molar-refractivity contribution in [2.75, 3.05) is 11.9 Å². The van der Waals surface area contributed by atoms with Crippen molar-refractivity contribution in [2.45, 2.75) is 38.1 Å². The highest BCUT2D eigenvalue weighted by molar-refractivity contribution is 9.10. The summed E-state index contributed by atoms with van der Waals surface area (Å²) < 4.78 is 1.06. The first kappa shape index (κ1) is 16.5. The molecule has 0 aliphatic heterocycles. The van der Waals surface area contributed by atoms with Crippen molar-refractivity contribution < 1.29 is 0 Å². The second-order valence-electron chi connectivity index (χ2n) is 6.80. The van der Waals surface area contributed by atoms with Crippen molar-refractivity contribution in [3.63, 3.8) is 0 Å². The molecule has 3 aromatic rings. The van der Waals surface area contributed by atoms with Gasteiger partial charge in [0.05, 0.1) is 5.52 Å². The Hall–Kier alpha value is -1.94. The summed E-state index contributed by atoms with van der Waals surface area (Å²) in [6, 6.07) is 17.1. The number of hydrogen-bond donors (Lipinski definition) is 0.